The molecule has 0 aromatic heterocycles. The average molecular weight is 92.5 g/mol. The molecule has 0 amide bonds. The molecule has 0 spiro atoms. The van der Waals surface area contributed by atoms with E-state index in [9.17, 15) is 0 Å². The SMILES string of the molecule is OO.[H-].[H-].[Mg+2].[SiH4]. The fraction of sp³-hybridized carbons (Fsp3) is 0. The van der Waals surface area contributed by atoms with Crippen molar-refractivity contribution >= 4 is 34.0 Å². The summed E-state index contributed by atoms with van der Waals surface area (Å²) in [5.41, 5.74) is 0. The Balaban J connectivity index is -0.000000000833. The van der Waals surface area contributed by atoms with Crippen LogP contribution in [0.2, 0.25) is 0 Å². The van der Waals surface area contributed by atoms with Crippen LogP contribution in [-0.2, 0) is 0 Å². The standard InChI is InChI=1S/Mg.H2O2.H4Si.2H/c;1-2;;;/h;1-2H;1H4;;/q+2;;;2*-1. The molecule has 0 radical (unpaired) electrons. The Hall–Kier alpha value is 0.903. The van der Waals surface area contributed by atoms with Gasteiger partial charge in [-0.05, 0) is 11.0 Å². The predicted molar refractivity (Wildman–Crippen MR) is 24.6 cm³/mol. The first kappa shape index (κ1) is 20.6. The van der Waals surface area contributed by atoms with Crippen molar-refractivity contribution in [1.29, 1.82) is 0 Å². The topological polar surface area (TPSA) is 40.5 Å². The van der Waals surface area contributed by atoms with E-state index in [2.05, 4.69) is 0 Å². The van der Waals surface area contributed by atoms with Crippen molar-refractivity contribution in [3.05, 3.63) is 0 Å². The minimum Gasteiger partial charge on any atom is -1.00 e. The maximum absolute atomic E-state index is 6.00. The summed E-state index contributed by atoms with van der Waals surface area (Å²) in [6.45, 7) is 0. The van der Waals surface area contributed by atoms with Crippen LogP contribution in [0.4, 0.5) is 0 Å². The van der Waals surface area contributed by atoms with Crippen molar-refractivity contribution in [3.8, 4) is 0 Å². The van der Waals surface area contributed by atoms with Gasteiger partial charge in [-0.3, -0.25) is 10.5 Å². The van der Waals surface area contributed by atoms with Gasteiger partial charge in [0.15, 0.2) is 0 Å². The van der Waals surface area contributed by atoms with Gasteiger partial charge in [0.2, 0.25) is 0 Å². The summed E-state index contributed by atoms with van der Waals surface area (Å²) in [6.07, 6.45) is 0. The second-order valence-corrected chi connectivity index (χ2v) is 0. The summed E-state index contributed by atoms with van der Waals surface area (Å²) in [4.78, 5) is 0. The summed E-state index contributed by atoms with van der Waals surface area (Å²) < 4.78 is 0. The van der Waals surface area contributed by atoms with E-state index in [1.165, 1.54) is 0 Å². The summed E-state index contributed by atoms with van der Waals surface area (Å²) >= 11 is 0. The van der Waals surface area contributed by atoms with Crippen molar-refractivity contribution in [2.24, 2.45) is 0 Å². The molecule has 0 aromatic rings. The molecular weight excluding hydrogens is 84.4 g/mol. The molecule has 2 N–H and O–H groups in total. The predicted octanol–water partition coefficient (Wildman–Crippen LogP) is -1.59. The third kappa shape index (κ3) is 12.9. The van der Waals surface area contributed by atoms with Gasteiger partial charge in [0, 0.05) is 0 Å². The first-order chi connectivity index (χ1) is 1.00. The van der Waals surface area contributed by atoms with Gasteiger partial charge >= 0.3 is 23.1 Å². The maximum atomic E-state index is 6.00. The van der Waals surface area contributed by atoms with Gasteiger partial charge in [0.1, 0.15) is 0 Å². The van der Waals surface area contributed by atoms with E-state index >= 15 is 0 Å². The molecule has 0 unspecified atom stereocenters. The fourth-order valence-electron chi connectivity index (χ4n) is 0. The molecule has 4 heteroatoms. The Morgan fingerprint density at radius 2 is 1.25 bits per heavy atom. The Kier molecular flexibility index (Phi) is 208. The van der Waals surface area contributed by atoms with Gasteiger partial charge in [-0.1, -0.05) is 0 Å². The van der Waals surface area contributed by atoms with Crippen LogP contribution >= 0.6 is 0 Å². The fourth-order valence-corrected chi connectivity index (χ4v) is 0. The van der Waals surface area contributed by atoms with Crippen LogP contribution in [0.5, 0.6) is 0 Å². The number of hydrogen-bond donors (Lipinski definition) is 2. The Bertz CT molecular complexity index is 11.5. The van der Waals surface area contributed by atoms with E-state index in [0.717, 1.165) is 0 Å². The third-order valence-electron chi connectivity index (χ3n) is 0. The maximum Gasteiger partial charge on any atom is 2.00 e. The van der Waals surface area contributed by atoms with Gasteiger partial charge in [-0.2, -0.15) is 0 Å². The van der Waals surface area contributed by atoms with Crippen molar-refractivity contribution < 1.29 is 13.4 Å². The number of rotatable bonds is 0. The van der Waals surface area contributed by atoms with Crippen LogP contribution in [0.15, 0.2) is 0 Å². The first-order valence-electron chi connectivity index (χ1n) is 0.200. The van der Waals surface area contributed by atoms with Crippen LogP contribution in [0.3, 0.4) is 0 Å². The molecule has 0 heterocycles. The van der Waals surface area contributed by atoms with E-state index in [0.29, 0.717) is 0 Å². The summed E-state index contributed by atoms with van der Waals surface area (Å²) in [6, 6.07) is 0. The zero-order chi connectivity index (χ0) is 2.00. The molecular formula is H8MgO2Si. The summed E-state index contributed by atoms with van der Waals surface area (Å²) in [5.74, 6) is 0. The molecule has 0 bridgehead atoms. The van der Waals surface area contributed by atoms with E-state index in [1.54, 1.807) is 0 Å². The monoisotopic (exact) mass is 92.0 g/mol. The Morgan fingerprint density at radius 3 is 1.25 bits per heavy atom. The molecule has 0 aromatic carbocycles. The van der Waals surface area contributed by atoms with Gasteiger partial charge in [-0.15, -0.1) is 0 Å². The minimum absolute atomic E-state index is 0. The van der Waals surface area contributed by atoms with Crippen LogP contribution < -0.4 is 0 Å². The van der Waals surface area contributed by atoms with Crippen molar-refractivity contribution in [2.75, 3.05) is 0 Å². The van der Waals surface area contributed by atoms with E-state index in [1.807, 2.05) is 0 Å². The second-order valence-electron chi connectivity index (χ2n) is 0. The van der Waals surface area contributed by atoms with E-state index in [-0.39, 0.29) is 36.9 Å². The molecule has 0 rings (SSSR count). The molecule has 0 saturated heterocycles. The molecule has 0 fully saturated rings. The van der Waals surface area contributed by atoms with Crippen molar-refractivity contribution in [1.82, 2.24) is 0 Å². The summed E-state index contributed by atoms with van der Waals surface area (Å²) in [7, 11) is 0. The normalized spacial score (nSPS) is 1.50. The largest absolute Gasteiger partial charge is 2.00 e. The Morgan fingerprint density at radius 1 is 1.25 bits per heavy atom. The van der Waals surface area contributed by atoms with Gasteiger partial charge < -0.3 is 2.85 Å². The van der Waals surface area contributed by atoms with Crippen molar-refractivity contribution in [3.63, 3.8) is 0 Å². The van der Waals surface area contributed by atoms with Crippen LogP contribution in [0, 0.1) is 0 Å². The Labute approximate surface area is 47.9 Å². The molecule has 0 aliphatic rings. The smallest absolute Gasteiger partial charge is 1.00 e. The summed E-state index contributed by atoms with van der Waals surface area (Å²) in [5, 5.41) is 12.0. The minimum atomic E-state index is 0. The van der Waals surface area contributed by atoms with Gasteiger partial charge in [0.05, 0.1) is 0 Å². The molecule has 26 valence electrons. The van der Waals surface area contributed by atoms with E-state index < -0.39 is 0 Å². The van der Waals surface area contributed by atoms with Crippen LogP contribution in [0.25, 0.3) is 0 Å². The van der Waals surface area contributed by atoms with Crippen LogP contribution in [0.1, 0.15) is 2.85 Å². The quantitative estimate of drug-likeness (QED) is 0.215. The van der Waals surface area contributed by atoms with Crippen molar-refractivity contribution in [2.45, 2.75) is 0 Å². The molecule has 0 aliphatic heterocycles. The molecule has 2 nitrogen and oxygen atoms in total. The zero-order valence-corrected chi connectivity index (χ0v) is 3.02. The third-order valence-corrected chi connectivity index (χ3v) is 0. The zero-order valence-electron chi connectivity index (χ0n) is 3.60. The molecule has 0 saturated carbocycles. The molecule has 0 atom stereocenters. The van der Waals surface area contributed by atoms with Crippen LogP contribution in [-0.4, -0.2) is 44.5 Å². The average Bonchev–Trinajstić information content (AvgIpc) is 1.00. The molecule has 4 heavy (non-hydrogen) atoms. The number of hydrogen-bond acceptors (Lipinski definition) is 2. The first-order valence-corrected chi connectivity index (χ1v) is 0.200. The van der Waals surface area contributed by atoms with Gasteiger partial charge in [0.25, 0.3) is 0 Å². The second kappa shape index (κ2) is 40.3. The van der Waals surface area contributed by atoms with Gasteiger partial charge in [-0.25, -0.2) is 0 Å². The molecule has 0 aliphatic carbocycles. The van der Waals surface area contributed by atoms with E-state index in [4.69, 9.17) is 10.5 Å².